The predicted molar refractivity (Wildman–Crippen MR) is 47.3 cm³/mol. The normalized spacial score (nSPS) is 17.0. The van der Waals surface area contributed by atoms with Gasteiger partial charge in [-0.05, 0) is 0 Å². The van der Waals surface area contributed by atoms with E-state index in [1.165, 1.54) is 0 Å². The Labute approximate surface area is 80.9 Å². The first-order chi connectivity index (χ1) is 6.86. The lowest BCUT2D eigenvalue weighted by atomic mass is 10.3. The lowest BCUT2D eigenvalue weighted by Crippen LogP contribution is -2.47. The highest BCUT2D eigenvalue weighted by atomic mass is 16.2. The number of hydrogen-bond donors (Lipinski definition) is 2. The maximum absolute atomic E-state index is 11.6. The summed E-state index contributed by atoms with van der Waals surface area (Å²) < 4.78 is 0. The number of aromatic amines is 1. The quantitative estimate of drug-likeness (QED) is 0.581. The summed E-state index contributed by atoms with van der Waals surface area (Å²) in [6.45, 7) is 3.24. The third-order valence-corrected chi connectivity index (χ3v) is 2.17. The van der Waals surface area contributed by atoms with Crippen LogP contribution in [0.25, 0.3) is 0 Å². The average Bonchev–Trinajstić information content (AvgIpc) is 2.72. The molecule has 7 heteroatoms. The molecule has 0 spiro atoms. The number of rotatable bonds is 2. The van der Waals surface area contributed by atoms with E-state index < -0.39 is 0 Å². The van der Waals surface area contributed by atoms with Crippen molar-refractivity contribution in [3.05, 3.63) is 5.82 Å². The fourth-order valence-electron chi connectivity index (χ4n) is 1.42. The lowest BCUT2D eigenvalue weighted by molar-refractivity contribution is -0.131. The second kappa shape index (κ2) is 4.14. The van der Waals surface area contributed by atoms with Crippen molar-refractivity contribution in [2.24, 2.45) is 0 Å². The van der Waals surface area contributed by atoms with Gasteiger partial charge in [0.25, 0.3) is 0 Å². The van der Waals surface area contributed by atoms with Gasteiger partial charge in [-0.1, -0.05) is 5.21 Å². The Morgan fingerprint density at radius 1 is 1.43 bits per heavy atom. The average molecular weight is 196 g/mol. The molecule has 0 aliphatic carbocycles. The summed E-state index contributed by atoms with van der Waals surface area (Å²) in [4.78, 5) is 13.5. The number of tetrazole rings is 1. The van der Waals surface area contributed by atoms with Gasteiger partial charge >= 0.3 is 0 Å². The van der Waals surface area contributed by atoms with Crippen molar-refractivity contribution in [2.45, 2.75) is 6.42 Å². The van der Waals surface area contributed by atoms with E-state index >= 15 is 0 Å². The van der Waals surface area contributed by atoms with Crippen LogP contribution in [0.3, 0.4) is 0 Å². The molecule has 1 fully saturated rings. The smallest absolute Gasteiger partial charge is 0.230 e. The molecule has 0 radical (unpaired) electrons. The van der Waals surface area contributed by atoms with E-state index in [2.05, 4.69) is 25.9 Å². The summed E-state index contributed by atoms with van der Waals surface area (Å²) in [6, 6.07) is 0. The van der Waals surface area contributed by atoms with Crippen molar-refractivity contribution in [2.75, 3.05) is 26.2 Å². The molecule has 1 aliphatic heterocycles. The maximum atomic E-state index is 11.6. The van der Waals surface area contributed by atoms with Crippen molar-refractivity contribution in [3.8, 4) is 0 Å². The molecule has 0 aromatic carbocycles. The predicted octanol–water partition coefficient (Wildman–Crippen LogP) is -1.83. The van der Waals surface area contributed by atoms with Crippen molar-refractivity contribution in [1.82, 2.24) is 30.8 Å². The molecule has 0 unspecified atom stereocenters. The fraction of sp³-hybridized carbons (Fsp3) is 0.714. The number of piperazine rings is 1. The van der Waals surface area contributed by atoms with E-state index in [1.807, 2.05) is 4.90 Å². The number of nitrogens with one attached hydrogen (secondary N) is 2. The van der Waals surface area contributed by atoms with Gasteiger partial charge in [0.15, 0.2) is 5.82 Å². The largest absolute Gasteiger partial charge is 0.340 e. The maximum Gasteiger partial charge on any atom is 0.230 e. The molecule has 1 saturated heterocycles. The highest BCUT2D eigenvalue weighted by Gasteiger charge is 2.17. The summed E-state index contributed by atoms with van der Waals surface area (Å²) in [5.74, 6) is 0.515. The molecule has 2 rings (SSSR count). The molecule has 1 aromatic heterocycles. The Hall–Kier alpha value is -1.50. The number of H-pyrrole nitrogens is 1. The minimum Gasteiger partial charge on any atom is -0.340 e. The Bertz CT molecular complexity index is 291. The first-order valence-electron chi connectivity index (χ1n) is 4.57. The van der Waals surface area contributed by atoms with Gasteiger partial charge in [-0.2, -0.15) is 5.21 Å². The van der Waals surface area contributed by atoms with Crippen molar-refractivity contribution in [3.63, 3.8) is 0 Å². The third-order valence-electron chi connectivity index (χ3n) is 2.17. The van der Waals surface area contributed by atoms with Gasteiger partial charge in [0.1, 0.15) is 0 Å². The van der Waals surface area contributed by atoms with Crippen LogP contribution in [-0.2, 0) is 11.2 Å². The van der Waals surface area contributed by atoms with Gasteiger partial charge in [0.2, 0.25) is 5.91 Å². The van der Waals surface area contributed by atoms with Gasteiger partial charge < -0.3 is 10.2 Å². The van der Waals surface area contributed by atoms with E-state index in [0.29, 0.717) is 5.82 Å². The van der Waals surface area contributed by atoms with Crippen LogP contribution < -0.4 is 5.32 Å². The zero-order valence-electron chi connectivity index (χ0n) is 7.73. The standard InChI is InChI=1S/C7H12N6O/c14-7(5-6-9-11-12-10-6)13-3-1-8-2-4-13/h8H,1-5H2,(H,9,10,11,12). The number of carbonyl (C=O) groups excluding carboxylic acids is 1. The molecule has 1 aliphatic rings. The number of hydrogen-bond acceptors (Lipinski definition) is 5. The van der Waals surface area contributed by atoms with Crippen LogP contribution in [0.15, 0.2) is 0 Å². The van der Waals surface area contributed by atoms with Crippen LogP contribution in [0.1, 0.15) is 5.82 Å². The van der Waals surface area contributed by atoms with Crippen LogP contribution in [0.4, 0.5) is 0 Å². The molecule has 14 heavy (non-hydrogen) atoms. The zero-order chi connectivity index (χ0) is 9.80. The Kier molecular flexibility index (Phi) is 2.68. The first kappa shape index (κ1) is 9.07. The number of carbonyl (C=O) groups is 1. The zero-order valence-corrected chi connectivity index (χ0v) is 7.73. The van der Waals surface area contributed by atoms with Crippen LogP contribution in [0, 0.1) is 0 Å². The van der Waals surface area contributed by atoms with E-state index in [0.717, 1.165) is 26.2 Å². The van der Waals surface area contributed by atoms with Gasteiger partial charge in [-0.15, -0.1) is 10.2 Å². The van der Waals surface area contributed by atoms with E-state index in [1.54, 1.807) is 0 Å². The molecule has 76 valence electrons. The number of amides is 1. The highest BCUT2D eigenvalue weighted by Crippen LogP contribution is 1.97. The van der Waals surface area contributed by atoms with Crippen LogP contribution in [-0.4, -0.2) is 57.6 Å². The molecular weight excluding hydrogens is 184 g/mol. The Morgan fingerprint density at radius 3 is 2.86 bits per heavy atom. The summed E-state index contributed by atoms with van der Waals surface area (Å²) in [7, 11) is 0. The van der Waals surface area contributed by atoms with Crippen molar-refractivity contribution < 1.29 is 4.79 Å². The first-order valence-corrected chi connectivity index (χ1v) is 4.57. The second-order valence-corrected chi connectivity index (χ2v) is 3.14. The monoisotopic (exact) mass is 196 g/mol. The molecular formula is C7H12N6O. The van der Waals surface area contributed by atoms with Gasteiger partial charge in [0, 0.05) is 26.2 Å². The number of aromatic nitrogens is 4. The lowest BCUT2D eigenvalue weighted by Gasteiger charge is -2.26. The Morgan fingerprint density at radius 2 is 2.21 bits per heavy atom. The summed E-state index contributed by atoms with van der Waals surface area (Å²) in [6.07, 6.45) is 0.233. The summed E-state index contributed by atoms with van der Waals surface area (Å²) in [5.41, 5.74) is 0. The topological polar surface area (TPSA) is 86.8 Å². The van der Waals surface area contributed by atoms with E-state index in [9.17, 15) is 4.79 Å². The fourth-order valence-corrected chi connectivity index (χ4v) is 1.42. The van der Waals surface area contributed by atoms with Gasteiger partial charge in [-0.3, -0.25) is 4.79 Å². The third kappa shape index (κ3) is 2.05. The molecule has 2 N–H and O–H groups in total. The van der Waals surface area contributed by atoms with Crippen LogP contribution >= 0.6 is 0 Å². The molecule has 1 aromatic rings. The molecule has 0 saturated carbocycles. The number of nitrogens with zero attached hydrogens (tertiary/aromatic N) is 4. The van der Waals surface area contributed by atoms with Crippen LogP contribution in [0.2, 0.25) is 0 Å². The van der Waals surface area contributed by atoms with Crippen LogP contribution in [0.5, 0.6) is 0 Å². The Balaban J connectivity index is 1.88. The molecule has 2 heterocycles. The second-order valence-electron chi connectivity index (χ2n) is 3.14. The molecule has 7 nitrogen and oxygen atoms in total. The van der Waals surface area contributed by atoms with Crippen molar-refractivity contribution >= 4 is 5.91 Å². The van der Waals surface area contributed by atoms with Gasteiger partial charge in [0.05, 0.1) is 6.42 Å². The SMILES string of the molecule is O=C(Cc1nn[nH]n1)N1CCNCC1. The van der Waals surface area contributed by atoms with E-state index in [4.69, 9.17) is 0 Å². The summed E-state index contributed by atoms with van der Waals surface area (Å²) in [5, 5.41) is 16.4. The van der Waals surface area contributed by atoms with E-state index in [-0.39, 0.29) is 12.3 Å². The van der Waals surface area contributed by atoms with Gasteiger partial charge in [-0.25, -0.2) is 0 Å². The molecule has 0 atom stereocenters. The van der Waals surface area contributed by atoms with Crippen molar-refractivity contribution in [1.29, 1.82) is 0 Å². The molecule has 0 bridgehead atoms. The molecule has 1 amide bonds. The minimum atomic E-state index is 0.0629. The minimum absolute atomic E-state index is 0.0629. The highest BCUT2D eigenvalue weighted by molar-refractivity contribution is 5.78. The summed E-state index contributed by atoms with van der Waals surface area (Å²) >= 11 is 0.